The zero-order chi connectivity index (χ0) is 23.2. The number of amides is 1. The van der Waals surface area contributed by atoms with Gasteiger partial charge in [-0.1, -0.05) is 29.5 Å². The van der Waals surface area contributed by atoms with E-state index in [9.17, 15) is 4.79 Å². The van der Waals surface area contributed by atoms with Crippen molar-refractivity contribution in [3.8, 4) is 22.8 Å². The lowest BCUT2D eigenvalue weighted by Gasteiger charge is -2.11. The number of hydrogen-bond donors (Lipinski definition) is 1. The molecule has 0 unspecified atom stereocenters. The predicted molar refractivity (Wildman–Crippen MR) is 128 cm³/mol. The molecule has 2 heterocycles. The molecule has 0 aliphatic carbocycles. The summed E-state index contributed by atoms with van der Waals surface area (Å²) in [5.41, 5.74) is 5.45. The van der Waals surface area contributed by atoms with Crippen molar-refractivity contribution in [3.63, 3.8) is 0 Å². The molecule has 0 bridgehead atoms. The average Bonchev–Trinajstić information content (AvgIpc) is 3.44. The topological polar surface area (TPSA) is 94.5 Å². The second-order valence-electron chi connectivity index (χ2n) is 7.24. The summed E-state index contributed by atoms with van der Waals surface area (Å²) in [6.07, 6.45) is 1.46. The summed E-state index contributed by atoms with van der Waals surface area (Å²) in [5, 5.41) is 13.3. The van der Waals surface area contributed by atoms with Crippen LogP contribution in [-0.2, 0) is 4.79 Å². The SMILES string of the molecule is COc1ccc(-c2nnc(SCC(=O)NN=Cc3ccc(C)o3)n2-c2ccc(C)cc2)cc1. The number of carbonyl (C=O) groups excluding carboxylic acids is 1. The van der Waals surface area contributed by atoms with Gasteiger partial charge in [-0.2, -0.15) is 5.10 Å². The summed E-state index contributed by atoms with van der Waals surface area (Å²) >= 11 is 1.28. The average molecular weight is 462 g/mol. The third-order valence-electron chi connectivity index (χ3n) is 4.75. The maximum absolute atomic E-state index is 12.3. The van der Waals surface area contributed by atoms with Crippen LogP contribution in [0.15, 0.2) is 75.3 Å². The highest BCUT2D eigenvalue weighted by atomic mass is 32.2. The largest absolute Gasteiger partial charge is 0.497 e. The van der Waals surface area contributed by atoms with Crippen molar-refractivity contribution in [2.45, 2.75) is 19.0 Å². The summed E-state index contributed by atoms with van der Waals surface area (Å²) in [6, 6.07) is 19.3. The minimum absolute atomic E-state index is 0.126. The number of nitrogens with one attached hydrogen (secondary N) is 1. The van der Waals surface area contributed by atoms with E-state index >= 15 is 0 Å². The van der Waals surface area contributed by atoms with Gasteiger partial charge in [0.05, 0.1) is 19.1 Å². The van der Waals surface area contributed by atoms with E-state index < -0.39 is 0 Å². The zero-order valence-electron chi connectivity index (χ0n) is 18.5. The van der Waals surface area contributed by atoms with Gasteiger partial charge in [-0.15, -0.1) is 10.2 Å². The number of thioether (sulfide) groups is 1. The molecule has 168 valence electrons. The van der Waals surface area contributed by atoms with E-state index in [0.29, 0.717) is 16.7 Å². The van der Waals surface area contributed by atoms with Crippen molar-refractivity contribution in [2.75, 3.05) is 12.9 Å². The molecule has 4 rings (SSSR count). The van der Waals surface area contributed by atoms with Crippen LogP contribution in [0.4, 0.5) is 0 Å². The van der Waals surface area contributed by atoms with Crippen molar-refractivity contribution in [1.29, 1.82) is 0 Å². The molecule has 1 N–H and O–H groups in total. The highest BCUT2D eigenvalue weighted by molar-refractivity contribution is 7.99. The molecule has 1 amide bonds. The van der Waals surface area contributed by atoms with E-state index in [1.807, 2.05) is 73.0 Å². The molecule has 0 fully saturated rings. The number of methoxy groups -OCH3 is 1. The van der Waals surface area contributed by atoms with Crippen molar-refractivity contribution >= 4 is 23.9 Å². The second kappa shape index (κ2) is 10.2. The summed E-state index contributed by atoms with van der Waals surface area (Å²) < 4.78 is 12.6. The molecule has 9 heteroatoms. The van der Waals surface area contributed by atoms with Gasteiger partial charge in [0, 0.05) is 11.3 Å². The number of aryl methyl sites for hydroxylation is 2. The highest BCUT2D eigenvalue weighted by Gasteiger charge is 2.17. The van der Waals surface area contributed by atoms with Crippen LogP contribution in [-0.4, -0.2) is 39.7 Å². The lowest BCUT2D eigenvalue weighted by atomic mass is 10.2. The van der Waals surface area contributed by atoms with Crippen LogP contribution >= 0.6 is 11.8 Å². The first kappa shape index (κ1) is 22.3. The van der Waals surface area contributed by atoms with E-state index in [4.69, 9.17) is 9.15 Å². The summed E-state index contributed by atoms with van der Waals surface area (Å²) in [4.78, 5) is 12.3. The number of benzene rings is 2. The molecule has 0 saturated heterocycles. The Morgan fingerprint density at radius 2 is 1.85 bits per heavy atom. The Morgan fingerprint density at radius 3 is 2.52 bits per heavy atom. The van der Waals surface area contributed by atoms with Crippen LogP contribution in [0.3, 0.4) is 0 Å². The zero-order valence-corrected chi connectivity index (χ0v) is 19.3. The van der Waals surface area contributed by atoms with Gasteiger partial charge in [0.2, 0.25) is 0 Å². The number of rotatable bonds is 8. The normalized spacial score (nSPS) is 11.1. The van der Waals surface area contributed by atoms with Gasteiger partial charge in [0.1, 0.15) is 17.3 Å². The monoisotopic (exact) mass is 461 g/mol. The molecule has 8 nitrogen and oxygen atoms in total. The molecule has 0 saturated carbocycles. The Labute approximate surface area is 195 Å². The quantitative estimate of drug-likeness (QED) is 0.238. The maximum Gasteiger partial charge on any atom is 0.250 e. The molecule has 0 atom stereocenters. The summed E-state index contributed by atoms with van der Waals surface area (Å²) in [6.45, 7) is 3.88. The smallest absolute Gasteiger partial charge is 0.250 e. The Kier molecular flexibility index (Phi) is 6.89. The number of aromatic nitrogens is 3. The fourth-order valence-electron chi connectivity index (χ4n) is 3.07. The molecule has 33 heavy (non-hydrogen) atoms. The van der Waals surface area contributed by atoms with Crippen LogP contribution in [0.2, 0.25) is 0 Å². The molecule has 2 aromatic carbocycles. The van der Waals surface area contributed by atoms with Crippen LogP contribution in [0, 0.1) is 13.8 Å². The van der Waals surface area contributed by atoms with Gasteiger partial charge in [0.25, 0.3) is 5.91 Å². The third-order valence-corrected chi connectivity index (χ3v) is 5.68. The number of hydrogen-bond acceptors (Lipinski definition) is 7. The fourth-order valence-corrected chi connectivity index (χ4v) is 3.81. The molecule has 4 aromatic rings. The molecular weight excluding hydrogens is 438 g/mol. The fraction of sp³-hybridized carbons (Fsp3) is 0.167. The lowest BCUT2D eigenvalue weighted by Crippen LogP contribution is -2.19. The number of furan rings is 1. The minimum atomic E-state index is -0.260. The van der Waals surface area contributed by atoms with Crippen molar-refractivity contribution < 1.29 is 13.9 Å². The first-order chi connectivity index (χ1) is 16.0. The minimum Gasteiger partial charge on any atom is -0.497 e. The predicted octanol–water partition coefficient (Wildman–Crippen LogP) is 4.40. The van der Waals surface area contributed by atoms with E-state index in [0.717, 1.165) is 28.3 Å². The maximum atomic E-state index is 12.3. The van der Waals surface area contributed by atoms with Crippen LogP contribution in [0.25, 0.3) is 17.1 Å². The van der Waals surface area contributed by atoms with E-state index in [1.54, 1.807) is 13.2 Å². The van der Waals surface area contributed by atoms with Crippen molar-refractivity contribution in [1.82, 2.24) is 20.2 Å². The van der Waals surface area contributed by atoms with Gasteiger partial charge in [0.15, 0.2) is 11.0 Å². The van der Waals surface area contributed by atoms with Crippen LogP contribution in [0.1, 0.15) is 17.1 Å². The second-order valence-corrected chi connectivity index (χ2v) is 8.18. The number of carbonyl (C=O) groups is 1. The molecule has 0 radical (unpaired) electrons. The molecule has 0 spiro atoms. The molecule has 2 aromatic heterocycles. The molecule has 0 aliphatic heterocycles. The van der Waals surface area contributed by atoms with Gasteiger partial charge < -0.3 is 9.15 Å². The summed E-state index contributed by atoms with van der Waals surface area (Å²) in [5.74, 6) is 2.66. The van der Waals surface area contributed by atoms with E-state index in [2.05, 4.69) is 20.7 Å². The number of nitrogens with zero attached hydrogens (tertiary/aromatic N) is 4. The van der Waals surface area contributed by atoms with E-state index in [1.165, 1.54) is 18.0 Å². The standard InChI is InChI=1S/C24H23N5O3S/c1-16-4-9-19(10-5-16)29-23(18-7-12-20(31-3)13-8-18)27-28-24(29)33-15-22(30)26-25-14-21-11-6-17(2)32-21/h4-14H,15H2,1-3H3,(H,26,30). The Bertz CT molecular complexity index is 1260. The molecular formula is C24H23N5O3S. The molecule has 0 aliphatic rings. The first-order valence-corrected chi connectivity index (χ1v) is 11.2. The van der Waals surface area contributed by atoms with Gasteiger partial charge >= 0.3 is 0 Å². The van der Waals surface area contributed by atoms with Gasteiger partial charge in [-0.3, -0.25) is 9.36 Å². The van der Waals surface area contributed by atoms with Crippen molar-refractivity contribution in [3.05, 3.63) is 77.7 Å². The van der Waals surface area contributed by atoms with Gasteiger partial charge in [-0.25, -0.2) is 5.43 Å². The summed E-state index contributed by atoms with van der Waals surface area (Å²) in [7, 11) is 1.63. The van der Waals surface area contributed by atoms with Gasteiger partial charge in [-0.05, 0) is 62.4 Å². The Morgan fingerprint density at radius 1 is 1.09 bits per heavy atom. The first-order valence-electron chi connectivity index (χ1n) is 10.2. The van der Waals surface area contributed by atoms with Crippen LogP contribution < -0.4 is 10.2 Å². The van der Waals surface area contributed by atoms with Crippen molar-refractivity contribution in [2.24, 2.45) is 5.10 Å². The Balaban J connectivity index is 1.53. The highest BCUT2D eigenvalue weighted by Crippen LogP contribution is 2.29. The third kappa shape index (κ3) is 5.50. The van der Waals surface area contributed by atoms with Crippen LogP contribution in [0.5, 0.6) is 5.75 Å². The lowest BCUT2D eigenvalue weighted by molar-refractivity contribution is -0.118. The number of hydrazone groups is 1. The number of ether oxygens (including phenoxy) is 1. The van der Waals surface area contributed by atoms with E-state index in [-0.39, 0.29) is 11.7 Å². The Hall–Kier alpha value is -3.85.